The van der Waals surface area contributed by atoms with Gasteiger partial charge >= 0.3 is 0 Å². The topological polar surface area (TPSA) is 96.1 Å². The minimum Gasteiger partial charge on any atom is -0.372 e. The van der Waals surface area contributed by atoms with Crippen LogP contribution in [0, 0.1) is 0 Å². The molecule has 1 aliphatic heterocycles. The number of fused-ring (bicyclic) bond motifs is 2. The van der Waals surface area contributed by atoms with Crippen molar-refractivity contribution in [2.45, 2.75) is 38.1 Å². The van der Waals surface area contributed by atoms with Crippen molar-refractivity contribution in [1.82, 2.24) is 29.9 Å². The third-order valence-electron chi connectivity index (χ3n) is 6.43. The summed E-state index contributed by atoms with van der Waals surface area (Å²) in [4.78, 5) is 13.4. The molecule has 1 fully saturated rings. The number of aliphatic hydroxyl groups excluding tert-OH is 1. The van der Waals surface area contributed by atoms with Crippen LogP contribution in [0.2, 0.25) is 0 Å². The molecule has 3 aromatic heterocycles. The molecule has 4 heterocycles. The zero-order chi connectivity index (χ0) is 21.7. The van der Waals surface area contributed by atoms with Gasteiger partial charge < -0.3 is 14.9 Å². The molecule has 1 aliphatic carbocycles. The first-order valence-electron chi connectivity index (χ1n) is 10.9. The van der Waals surface area contributed by atoms with Crippen molar-refractivity contribution < 1.29 is 5.11 Å². The van der Waals surface area contributed by atoms with Crippen LogP contribution in [-0.4, -0.2) is 60.9 Å². The summed E-state index contributed by atoms with van der Waals surface area (Å²) in [5, 5.41) is 24.4. The normalized spacial score (nSPS) is 16.4. The Morgan fingerprint density at radius 2 is 2.06 bits per heavy atom. The van der Waals surface area contributed by atoms with Crippen LogP contribution in [0.25, 0.3) is 22.2 Å². The van der Waals surface area contributed by atoms with E-state index in [2.05, 4.69) is 37.3 Å². The van der Waals surface area contributed by atoms with E-state index in [0.29, 0.717) is 18.5 Å². The minimum absolute atomic E-state index is 0.327. The van der Waals surface area contributed by atoms with Gasteiger partial charge in [0.15, 0.2) is 5.65 Å². The molecule has 1 atom stereocenters. The lowest BCUT2D eigenvalue weighted by molar-refractivity contribution is 0.147. The molecule has 0 radical (unpaired) electrons. The van der Waals surface area contributed by atoms with Crippen LogP contribution >= 0.6 is 0 Å². The lowest BCUT2D eigenvalue weighted by atomic mass is 9.99. The first kappa shape index (κ1) is 19.1. The van der Waals surface area contributed by atoms with Gasteiger partial charge in [0, 0.05) is 37.1 Å². The molecule has 4 aromatic rings. The predicted octanol–water partition coefficient (Wildman–Crippen LogP) is 2.26. The van der Waals surface area contributed by atoms with Gasteiger partial charge in [0.2, 0.25) is 5.95 Å². The molecule has 0 saturated heterocycles. The summed E-state index contributed by atoms with van der Waals surface area (Å²) >= 11 is 0. The highest BCUT2D eigenvalue weighted by atomic mass is 16.3. The number of nitrogens with zero attached hydrogens (tertiary/aromatic N) is 8. The fraction of sp³-hybridized carbons (Fsp3) is 0.348. The Labute approximate surface area is 185 Å². The Balaban J connectivity index is 1.28. The molecule has 0 bridgehead atoms. The van der Waals surface area contributed by atoms with Gasteiger partial charge in [-0.2, -0.15) is 20.3 Å². The zero-order valence-corrected chi connectivity index (χ0v) is 17.8. The number of aromatic nitrogens is 6. The van der Waals surface area contributed by atoms with Crippen LogP contribution in [0.4, 0.5) is 11.6 Å². The minimum atomic E-state index is -0.718. The van der Waals surface area contributed by atoms with E-state index < -0.39 is 6.23 Å². The SMILES string of the molecule is CN(c1ncc2cnn(CC(O)N3CCc4c(-c5ccnnc5)cccc43)c2n1)C1CC1. The van der Waals surface area contributed by atoms with Gasteiger partial charge in [-0.25, -0.2) is 9.67 Å². The van der Waals surface area contributed by atoms with Gasteiger partial charge in [-0.15, -0.1) is 0 Å². The van der Waals surface area contributed by atoms with Crippen molar-refractivity contribution in [2.24, 2.45) is 0 Å². The molecule has 9 nitrogen and oxygen atoms in total. The lowest BCUT2D eigenvalue weighted by Gasteiger charge is -2.26. The maximum absolute atomic E-state index is 11.2. The average molecular weight is 429 g/mol. The molecule has 2 aliphatic rings. The van der Waals surface area contributed by atoms with Crippen molar-refractivity contribution >= 4 is 22.7 Å². The van der Waals surface area contributed by atoms with Gasteiger partial charge in [-0.05, 0) is 42.5 Å². The fourth-order valence-electron chi connectivity index (χ4n) is 4.53. The monoisotopic (exact) mass is 428 g/mol. The molecule has 9 heteroatoms. The molecule has 6 rings (SSSR count). The summed E-state index contributed by atoms with van der Waals surface area (Å²) < 4.78 is 1.78. The second-order valence-corrected chi connectivity index (χ2v) is 8.48. The Hall–Kier alpha value is -3.59. The van der Waals surface area contributed by atoms with E-state index in [4.69, 9.17) is 4.98 Å². The number of hydrogen-bond donors (Lipinski definition) is 1. The number of aliphatic hydroxyl groups is 1. The fourth-order valence-corrected chi connectivity index (χ4v) is 4.53. The molecule has 0 spiro atoms. The van der Waals surface area contributed by atoms with Crippen molar-refractivity contribution in [3.63, 3.8) is 0 Å². The van der Waals surface area contributed by atoms with Gasteiger partial charge in [0.05, 0.1) is 30.5 Å². The van der Waals surface area contributed by atoms with E-state index >= 15 is 0 Å². The van der Waals surface area contributed by atoms with Crippen molar-refractivity contribution in [2.75, 3.05) is 23.4 Å². The molecule has 1 unspecified atom stereocenters. The third-order valence-corrected chi connectivity index (χ3v) is 6.43. The summed E-state index contributed by atoms with van der Waals surface area (Å²) in [6.07, 6.45) is 9.57. The Morgan fingerprint density at radius 1 is 1.16 bits per heavy atom. The van der Waals surface area contributed by atoms with Crippen LogP contribution in [0.3, 0.4) is 0 Å². The second kappa shape index (κ2) is 7.52. The van der Waals surface area contributed by atoms with Crippen molar-refractivity contribution in [1.29, 1.82) is 0 Å². The molecular formula is C23H24N8O. The van der Waals surface area contributed by atoms with E-state index in [1.54, 1.807) is 23.3 Å². The van der Waals surface area contributed by atoms with Gasteiger partial charge in [0.25, 0.3) is 0 Å². The number of rotatable bonds is 6. The van der Waals surface area contributed by atoms with Crippen LogP contribution in [0.15, 0.2) is 49.1 Å². The van der Waals surface area contributed by atoms with E-state index in [1.165, 1.54) is 18.4 Å². The van der Waals surface area contributed by atoms with Crippen LogP contribution in [0.1, 0.15) is 18.4 Å². The molecule has 0 amide bonds. The summed E-state index contributed by atoms with van der Waals surface area (Å²) in [7, 11) is 2.03. The quantitative estimate of drug-likeness (QED) is 0.500. The Bertz CT molecular complexity index is 1270. The number of hydrogen-bond acceptors (Lipinski definition) is 8. The summed E-state index contributed by atoms with van der Waals surface area (Å²) in [6, 6.07) is 8.68. The molecular weight excluding hydrogens is 404 g/mol. The highest BCUT2D eigenvalue weighted by molar-refractivity contribution is 5.76. The molecule has 1 saturated carbocycles. The van der Waals surface area contributed by atoms with Gasteiger partial charge in [-0.3, -0.25) is 0 Å². The summed E-state index contributed by atoms with van der Waals surface area (Å²) in [5.74, 6) is 0.707. The van der Waals surface area contributed by atoms with E-state index in [0.717, 1.165) is 40.8 Å². The van der Waals surface area contributed by atoms with E-state index in [-0.39, 0.29) is 0 Å². The number of benzene rings is 1. The average Bonchev–Trinajstić information content (AvgIpc) is 3.47. The smallest absolute Gasteiger partial charge is 0.227 e. The Morgan fingerprint density at radius 3 is 2.88 bits per heavy atom. The molecule has 162 valence electrons. The summed E-state index contributed by atoms with van der Waals surface area (Å²) in [6.45, 7) is 1.07. The zero-order valence-electron chi connectivity index (χ0n) is 17.8. The maximum Gasteiger partial charge on any atom is 0.227 e. The molecule has 1 N–H and O–H groups in total. The van der Waals surface area contributed by atoms with Crippen molar-refractivity contribution in [3.8, 4) is 11.1 Å². The highest BCUT2D eigenvalue weighted by Crippen LogP contribution is 2.37. The first-order chi connectivity index (χ1) is 15.7. The molecule has 1 aromatic carbocycles. The Kier molecular flexibility index (Phi) is 4.50. The van der Waals surface area contributed by atoms with Gasteiger partial charge in [-0.1, -0.05) is 12.1 Å². The number of anilines is 2. The largest absolute Gasteiger partial charge is 0.372 e. The molecule has 32 heavy (non-hydrogen) atoms. The third kappa shape index (κ3) is 3.25. The van der Waals surface area contributed by atoms with Gasteiger partial charge in [0.1, 0.15) is 6.23 Å². The maximum atomic E-state index is 11.2. The van der Waals surface area contributed by atoms with E-state index in [9.17, 15) is 5.11 Å². The second-order valence-electron chi connectivity index (χ2n) is 8.48. The van der Waals surface area contributed by atoms with Crippen molar-refractivity contribution in [3.05, 3.63) is 54.6 Å². The van der Waals surface area contributed by atoms with Crippen LogP contribution < -0.4 is 9.80 Å². The highest BCUT2D eigenvalue weighted by Gasteiger charge is 2.29. The first-order valence-corrected chi connectivity index (χ1v) is 10.9. The van der Waals surface area contributed by atoms with Crippen LogP contribution in [0.5, 0.6) is 0 Å². The lowest BCUT2D eigenvalue weighted by Crippen LogP contribution is -2.37. The van der Waals surface area contributed by atoms with Crippen LogP contribution in [-0.2, 0) is 13.0 Å². The standard InChI is InChI=1S/C23H24N8O/c1-29(17-5-6-17)23-24-11-16-13-27-31(22(16)28-23)14-21(32)30-10-8-19-18(3-2-4-20(19)30)15-7-9-25-26-12-15/h2-4,7,9,11-13,17,21,32H,5-6,8,10,14H2,1H3. The van der Waals surface area contributed by atoms with E-state index in [1.807, 2.05) is 30.3 Å². The summed E-state index contributed by atoms with van der Waals surface area (Å²) in [5.41, 5.74) is 5.19. The predicted molar refractivity (Wildman–Crippen MR) is 121 cm³/mol.